The third kappa shape index (κ3) is 2.95. The van der Waals surface area contributed by atoms with Gasteiger partial charge in [-0.1, -0.05) is 41.7 Å². The van der Waals surface area contributed by atoms with Crippen LogP contribution in [0.2, 0.25) is 0 Å². The number of thiazole rings is 1. The highest BCUT2D eigenvalue weighted by Crippen LogP contribution is 2.36. The first-order valence-electron chi connectivity index (χ1n) is 5.24. The van der Waals surface area contributed by atoms with Gasteiger partial charge in [0.2, 0.25) is 5.06 Å². The Bertz CT molecular complexity index is 471. The van der Waals surface area contributed by atoms with Crippen molar-refractivity contribution in [1.82, 2.24) is 4.98 Å². The fraction of sp³-hybridized carbons (Fsp3) is 0.250. The van der Waals surface area contributed by atoms with Crippen LogP contribution in [0.5, 0.6) is 5.06 Å². The predicted molar refractivity (Wildman–Crippen MR) is 69.3 cm³/mol. The maximum absolute atomic E-state index is 5.72. The SMILES string of the molecule is COCCOc1sc(N)nc1-c1ccccc1. The summed E-state index contributed by atoms with van der Waals surface area (Å²) in [6.07, 6.45) is 0. The molecule has 2 rings (SSSR count). The van der Waals surface area contributed by atoms with Crippen molar-refractivity contribution in [2.75, 3.05) is 26.1 Å². The highest BCUT2D eigenvalue weighted by Gasteiger charge is 2.12. The molecule has 0 radical (unpaired) electrons. The first-order chi connectivity index (χ1) is 8.31. The van der Waals surface area contributed by atoms with E-state index in [2.05, 4.69) is 4.98 Å². The average molecular weight is 250 g/mol. The molecule has 2 aromatic rings. The summed E-state index contributed by atoms with van der Waals surface area (Å²) in [7, 11) is 1.64. The summed E-state index contributed by atoms with van der Waals surface area (Å²) < 4.78 is 10.5. The van der Waals surface area contributed by atoms with Gasteiger partial charge in [-0.05, 0) is 0 Å². The molecule has 0 bridgehead atoms. The number of ether oxygens (including phenoxy) is 2. The topological polar surface area (TPSA) is 57.4 Å². The first kappa shape index (κ1) is 11.9. The normalized spacial score (nSPS) is 10.4. The Morgan fingerprint density at radius 3 is 2.71 bits per heavy atom. The minimum Gasteiger partial charge on any atom is -0.480 e. The van der Waals surface area contributed by atoms with Crippen molar-refractivity contribution in [3.63, 3.8) is 0 Å². The quantitative estimate of drug-likeness (QED) is 0.828. The summed E-state index contributed by atoms with van der Waals surface area (Å²) in [5.41, 5.74) is 7.52. The predicted octanol–water partition coefficient (Wildman–Crippen LogP) is 2.42. The Kier molecular flexibility index (Phi) is 3.95. The van der Waals surface area contributed by atoms with Crippen molar-refractivity contribution in [2.45, 2.75) is 0 Å². The molecule has 5 heteroatoms. The van der Waals surface area contributed by atoms with Crippen molar-refractivity contribution >= 4 is 16.5 Å². The first-order valence-corrected chi connectivity index (χ1v) is 6.06. The van der Waals surface area contributed by atoms with E-state index in [4.69, 9.17) is 15.2 Å². The molecule has 0 aliphatic heterocycles. The minimum atomic E-state index is 0.498. The molecule has 1 aromatic carbocycles. The van der Waals surface area contributed by atoms with E-state index in [0.29, 0.717) is 18.3 Å². The summed E-state index contributed by atoms with van der Waals surface area (Å²) in [5, 5.41) is 1.25. The lowest BCUT2D eigenvalue weighted by Gasteiger charge is -2.04. The van der Waals surface area contributed by atoms with Crippen LogP contribution in [0, 0.1) is 0 Å². The highest BCUT2D eigenvalue weighted by atomic mass is 32.1. The molecule has 0 atom stereocenters. The standard InChI is InChI=1S/C12H14N2O2S/c1-15-7-8-16-11-10(14-12(13)17-11)9-5-3-2-4-6-9/h2-6H,7-8H2,1H3,(H2,13,14). The van der Waals surface area contributed by atoms with Crippen LogP contribution < -0.4 is 10.5 Å². The van der Waals surface area contributed by atoms with E-state index in [-0.39, 0.29) is 0 Å². The van der Waals surface area contributed by atoms with Gasteiger partial charge in [0.25, 0.3) is 0 Å². The second kappa shape index (κ2) is 5.65. The number of aromatic nitrogens is 1. The summed E-state index contributed by atoms with van der Waals surface area (Å²) >= 11 is 1.35. The number of rotatable bonds is 5. The second-order valence-corrected chi connectivity index (χ2v) is 4.39. The van der Waals surface area contributed by atoms with Crippen LogP contribution in [-0.2, 0) is 4.74 Å². The molecule has 0 amide bonds. The number of hydrogen-bond donors (Lipinski definition) is 1. The molecular weight excluding hydrogens is 236 g/mol. The van der Waals surface area contributed by atoms with Crippen molar-refractivity contribution in [3.05, 3.63) is 30.3 Å². The zero-order valence-corrected chi connectivity index (χ0v) is 10.4. The summed E-state index contributed by atoms with van der Waals surface area (Å²) in [5.74, 6) is 0. The molecule has 0 saturated heterocycles. The van der Waals surface area contributed by atoms with Crippen molar-refractivity contribution in [1.29, 1.82) is 0 Å². The summed E-state index contributed by atoms with van der Waals surface area (Å²) in [4.78, 5) is 4.29. The molecule has 17 heavy (non-hydrogen) atoms. The van der Waals surface area contributed by atoms with Gasteiger partial charge >= 0.3 is 0 Å². The monoisotopic (exact) mass is 250 g/mol. The van der Waals surface area contributed by atoms with E-state index in [1.807, 2.05) is 30.3 Å². The summed E-state index contributed by atoms with van der Waals surface area (Å²) in [6.45, 7) is 1.05. The minimum absolute atomic E-state index is 0.498. The lowest BCUT2D eigenvalue weighted by Crippen LogP contribution is -2.03. The Morgan fingerprint density at radius 1 is 1.24 bits per heavy atom. The van der Waals surface area contributed by atoms with Crippen molar-refractivity contribution in [3.8, 4) is 16.3 Å². The van der Waals surface area contributed by atoms with E-state index in [1.165, 1.54) is 11.3 Å². The van der Waals surface area contributed by atoms with Crippen LogP contribution in [0.15, 0.2) is 30.3 Å². The number of nitrogens with zero attached hydrogens (tertiary/aromatic N) is 1. The van der Waals surface area contributed by atoms with Gasteiger partial charge in [0.1, 0.15) is 12.3 Å². The fourth-order valence-electron chi connectivity index (χ4n) is 1.42. The fourth-order valence-corrected chi connectivity index (χ4v) is 2.15. The van der Waals surface area contributed by atoms with Crippen LogP contribution in [0.1, 0.15) is 0 Å². The molecular formula is C12H14N2O2S. The molecule has 0 fully saturated rings. The van der Waals surface area contributed by atoms with Gasteiger partial charge in [0.05, 0.1) is 6.61 Å². The highest BCUT2D eigenvalue weighted by molar-refractivity contribution is 7.17. The number of nitrogens with two attached hydrogens (primary N) is 1. The van der Waals surface area contributed by atoms with E-state index in [9.17, 15) is 0 Å². The van der Waals surface area contributed by atoms with Gasteiger partial charge in [0.15, 0.2) is 5.13 Å². The van der Waals surface area contributed by atoms with E-state index in [1.54, 1.807) is 7.11 Å². The Labute approximate surface area is 104 Å². The number of methoxy groups -OCH3 is 1. The molecule has 90 valence electrons. The Balaban J connectivity index is 2.22. The molecule has 2 N–H and O–H groups in total. The number of benzene rings is 1. The molecule has 4 nitrogen and oxygen atoms in total. The third-order valence-electron chi connectivity index (χ3n) is 2.18. The van der Waals surface area contributed by atoms with Gasteiger partial charge in [0, 0.05) is 12.7 Å². The van der Waals surface area contributed by atoms with E-state index < -0.39 is 0 Å². The maximum atomic E-state index is 5.72. The Morgan fingerprint density at radius 2 is 2.00 bits per heavy atom. The smallest absolute Gasteiger partial charge is 0.204 e. The largest absolute Gasteiger partial charge is 0.480 e. The van der Waals surface area contributed by atoms with E-state index in [0.717, 1.165) is 16.3 Å². The zero-order chi connectivity index (χ0) is 12.1. The Hall–Kier alpha value is -1.59. The molecule has 1 heterocycles. The van der Waals surface area contributed by atoms with Gasteiger partial charge in [-0.3, -0.25) is 0 Å². The van der Waals surface area contributed by atoms with Gasteiger partial charge in [-0.25, -0.2) is 4.98 Å². The molecule has 0 aliphatic carbocycles. The summed E-state index contributed by atoms with van der Waals surface area (Å²) in [6, 6.07) is 9.85. The van der Waals surface area contributed by atoms with Crippen LogP contribution in [0.3, 0.4) is 0 Å². The van der Waals surface area contributed by atoms with E-state index >= 15 is 0 Å². The zero-order valence-electron chi connectivity index (χ0n) is 9.55. The molecule has 0 saturated carbocycles. The number of nitrogen functional groups attached to an aromatic ring is 1. The van der Waals surface area contributed by atoms with Gasteiger partial charge in [-0.15, -0.1) is 0 Å². The maximum Gasteiger partial charge on any atom is 0.204 e. The second-order valence-electron chi connectivity index (χ2n) is 3.40. The third-order valence-corrected chi connectivity index (χ3v) is 2.98. The molecule has 0 spiro atoms. The molecule has 0 aliphatic rings. The van der Waals surface area contributed by atoms with Crippen LogP contribution in [0.25, 0.3) is 11.3 Å². The van der Waals surface area contributed by atoms with Crippen LogP contribution in [0.4, 0.5) is 5.13 Å². The van der Waals surface area contributed by atoms with Crippen molar-refractivity contribution < 1.29 is 9.47 Å². The molecule has 0 unspecified atom stereocenters. The average Bonchev–Trinajstić information content (AvgIpc) is 2.72. The number of hydrogen-bond acceptors (Lipinski definition) is 5. The number of anilines is 1. The molecule has 1 aromatic heterocycles. The van der Waals surface area contributed by atoms with Crippen molar-refractivity contribution in [2.24, 2.45) is 0 Å². The van der Waals surface area contributed by atoms with Gasteiger partial charge in [-0.2, -0.15) is 0 Å². The van der Waals surface area contributed by atoms with Crippen LogP contribution in [-0.4, -0.2) is 25.3 Å². The lowest BCUT2D eigenvalue weighted by atomic mass is 10.2. The lowest BCUT2D eigenvalue weighted by molar-refractivity contribution is 0.148. The van der Waals surface area contributed by atoms with Gasteiger partial charge < -0.3 is 15.2 Å². The van der Waals surface area contributed by atoms with Crippen LogP contribution >= 0.6 is 11.3 Å².